The zero-order valence-electron chi connectivity index (χ0n) is 28.8. The molecule has 0 saturated carbocycles. The third kappa shape index (κ3) is 4.24. The molecule has 0 atom stereocenters. The molecule has 248 valence electrons. The van der Waals surface area contributed by atoms with E-state index in [9.17, 15) is 0 Å². The van der Waals surface area contributed by atoms with Gasteiger partial charge in [-0.25, -0.2) is 4.98 Å². The van der Waals surface area contributed by atoms with Gasteiger partial charge in [-0.15, -0.1) is 0 Å². The lowest BCUT2D eigenvalue weighted by atomic mass is 9.63. The molecule has 3 aromatic heterocycles. The molecule has 53 heavy (non-hydrogen) atoms. The van der Waals surface area contributed by atoms with E-state index in [1.165, 1.54) is 49.6 Å². The lowest BCUT2D eigenvalue weighted by molar-refractivity contribution is 0.726. The van der Waals surface area contributed by atoms with E-state index in [0.717, 1.165) is 39.4 Å². The fourth-order valence-corrected chi connectivity index (χ4v) is 8.88. The Hall–Kier alpha value is -7.04. The standard InChI is InChI=1S/C49H32N4/c1-4-15-36(16-5-1)49(37-17-6-2-7-18-37)41-22-12-23-43-47(41)53(48(51-43)35-14-13-29-50-32-35)46-28-26-34(31-42(46)49)33-25-27-45-40(30-33)39-21-10-11-24-44(39)52(45)38-19-8-3-9-20-38/h1-32H. The van der Waals surface area contributed by atoms with Gasteiger partial charge in [0.25, 0.3) is 0 Å². The quantitative estimate of drug-likeness (QED) is 0.182. The highest BCUT2D eigenvalue weighted by molar-refractivity contribution is 6.10. The van der Waals surface area contributed by atoms with E-state index >= 15 is 0 Å². The Morgan fingerprint density at radius 3 is 1.89 bits per heavy atom. The third-order valence-electron chi connectivity index (χ3n) is 11.1. The highest BCUT2D eigenvalue weighted by Crippen LogP contribution is 2.54. The van der Waals surface area contributed by atoms with Crippen molar-refractivity contribution in [3.63, 3.8) is 0 Å². The van der Waals surface area contributed by atoms with Gasteiger partial charge in [-0.3, -0.25) is 9.55 Å². The minimum Gasteiger partial charge on any atom is -0.309 e. The maximum Gasteiger partial charge on any atom is 0.147 e. The van der Waals surface area contributed by atoms with Crippen molar-refractivity contribution in [3.05, 3.63) is 217 Å². The number of fused-ring (bicyclic) bond motifs is 5. The van der Waals surface area contributed by atoms with Crippen molar-refractivity contribution >= 4 is 32.8 Å². The first-order chi connectivity index (χ1) is 26.3. The molecule has 0 fully saturated rings. The summed E-state index contributed by atoms with van der Waals surface area (Å²) in [6.07, 6.45) is 3.73. The van der Waals surface area contributed by atoms with Gasteiger partial charge in [0, 0.05) is 34.4 Å². The van der Waals surface area contributed by atoms with Crippen LogP contribution in [0.5, 0.6) is 0 Å². The largest absolute Gasteiger partial charge is 0.309 e. The van der Waals surface area contributed by atoms with Crippen molar-refractivity contribution in [1.29, 1.82) is 0 Å². The van der Waals surface area contributed by atoms with Crippen LogP contribution in [0.25, 0.3) is 66.7 Å². The Labute approximate surface area is 306 Å². The van der Waals surface area contributed by atoms with Crippen LogP contribution >= 0.6 is 0 Å². The summed E-state index contributed by atoms with van der Waals surface area (Å²) in [7, 11) is 0. The normalized spacial score (nSPS) is 13.1. The molecule has 0 aliphatic carbocycles. The minimum atomic E-state index is -0.608. The molecule has 1 aliphatic heterocycles. The molecular weight excluding hydrogens is 645 g/mol. The smallest absolute Gasteiger partial charge is 0.147 e. The van der Waals surface area contributed by atoms with Crippen LogP contribution in [0.2, 0.25) is 0 Å². The zero-order valence-corrected chi connectivity index (χ0v) is 28.8. The summed E-state index contributed by atoms with van der Waals surface area (Å²) in [5.41, 5.74) is 14.3. The van der Waals surface area contributed by atoms with Gasteiger partial charge in [0.1, 0.15) is 5.82 Å². The van der Waals surface area contributed by atoms with Crippen LogP contribution in [-0.2, 0) is 5.41 Å². The van der Waals surface area contributed by atoms with Crippen LogP contribution in [0, 0.1) is 0 Å². The number of imidazole rings is 1. The fourth-order valence-electron chi connectivity index (χ4n) is 8.88. The Balaban J connectivity index is 1.23. The molecule has 0 unspecified atom stereocenters. The molecule has 1 aliphatic rings. The molecule has 10 aromatic rings. The van der Waals surface area contributed by atoms with E-state index in [1.54, 1.807) is 0 Å². The Morgan fingerprint density at radius 2 is 1.13 bits per heavy atom. The van der Waals surface area contributed by atoms with Gasteiger partial charge >= 0.3 is 0 Å². The Bertz CT molecular complexity index is 2940. The maximum atomic E-state index is 5.30. The summed E-state index contributed by atoms with van der Waals surface area (Å²) in [5.74, 6) is 0.888. The summed E-state index contributed by atoms with van der Waals surface area (Å²) in [6.45, 7) is 0. The molecule has 4 heteroatoms. The van der Waals surface area contributed by atoms with Crippen LogP contribution in [0.4, 0.5) is 0 Å². The Kier molecular flexibility index (Phi) is 6.43. The van der Waals surface area contributed by atoms with Crippen molar-refractivity contribution in [3.8, 4) is 33.9 Å². The molecule has 7 aromatic carbocycles. The molecule has 4 heterocycles. The molecule has 0 N–H and O–H groups in total. The lowest BCUT2D eigenvalue weighted by Gasteiger charge is -2.41. The number of benzene rings is 7. The van der Waals surface area contributed by atoms with Gasteiger partial charge in [-0.05, 0) is 94.0 Å². The molecule has 4 nitrogen and oxygen atoms in total. The van der Waals surface area contributed by atoms with Crippen LogP contribution in [0.3, 0.4) is 0 Å². The summed E-state index contributed by atoms with van der Waals surface area (Å²) in [6, 6.07) is 66.0. The Morgan fingerprint density at radius 1 is 0.453 bits per heavy atom. The van der Waals surface area contributed by atoms with E-state index < -0.39 is 5.41 Å². The summed E-state index contributed by atoms with van der Waals surface area (Å²) in [4.78, 5) is 9.79. The van der Waals surface area contributed by atoms with Gasteiger partial charge in [-0.1, -0.05) is 121 Å². The number of rotatable bonds is 5. The van der Waals surface area contributed by atoms with E-state index in [1.807, 2.05) is 18.5 Å². The first-order valence-electron chi connectivity index (χ1n) is 18.1. The van der Waals surface area contributed by atoms with E-state index in [0.29, 0.717) is 0 Å². The topological polar surface area (TPSA) is 35.6 Å². The predicted molar refractivity (Wildman–Crippen MR) is 216 cm³/mol. The second kappa shape index (κ2) is 11.5. The van der Waals surface area contributed by atoms with Crippen molar-refractivity contribution in [1.82, 2.24) is 19.1 Å². The monoisotopic (exact) mass is 676 g/mol. The van der Waals surface area contributed by atoms with E-state index in [4.69, 9.17) is 4.98 Å². The molecule has 0 spiro atoms. The third-order valence-corrected chi connectivity index (χ3v) is 11.1. The highest BCUT2D eigenvalue weighted by atomic mass is 15.1. The maximum absolute atomic E-state index is 5.30. The minimum absolute atomic E-state index is 0.608. The first-order valence-corrected chi connectivity index (χ1v) is 18.1. The van der Waals surface area contributed by atoms with Crippen molar-refractivity contribution in [2.24, 2.45) is 0 Å². The zero-order chi connectivity index (χ0) is 34.9. The number of aromatic nitrogens is 4. The van der Waals surface area contributed by atoms with Crippen LogP contribution in [0.1, 0.15) is 22.3 Å². The second-order valence-electron chi connectivity index (χ2n) is 13.8. The van der Waals surface area contributed by atoms with E-state index in [2.05, 4.69) is 190 Å². The molecular formula is C49H32N4. The number of hydrogen-bond donors (Lipinski definition) is 0. The van der Waals surface area contributed by atoms with E-state index in [-0.39, 0.29) is 0 Å². The number of para-hydroxylation sites is 3. The number of nitrogens with zero attached hydrogens (tertiary/aromatic N) is 4. The van der Waals surface area contributed by atoms with Crippen LogP contribution < -0.4 is 0 Å². The lowest BCUT2D eigenvalue weighted by Crippen LogP contribution is -2.35. The van der Waals surface area contributed by atoms with Gasteiger partial charge in [-0.2, -0.15) is 0 Å². The summed E-state index contributed by atoms with van der Waals surface area (Å²) in [5, 5.41) is 2.47. The predicted octanol–water partition coefficient (Wildman–Crippen LogP) is 11.5. The molecule has 0 bridgehead atoms. The molecule has 11 rings (SSSR count). The van der Waals surface area contributed by atoms with Gasteiger partial charge in [0.05, 0.1) is 33.2 Å². The SMILES string of the molecule is c1ccc(-n2c3ccccc3c3cc(-c4ccc5c(c4)C(c4ccccc4)(c4ccccc4)c4cccc6nc(-c7cccnc7)n-5c46)ccc32)cc1. The second-order valence-corrected chi connectivity index (χ2v) is 13.8. The van der Waals surface area contributed by atoms with Crippen molar-refractivity contribution in [2.75, 3.05) is 0 Å². The van der Waals surface area contributed by atoms with Gasteiger partial charge in [0.15, 0.2) is 0 Å². The molecule has 0 saturated heterocycles. The molecule has 0 amide bonds. The highest BCUT2D eigenvalue weighted by Gasteiger charge is 2.45. The van der Waals surface area contributed by atoms with Crippen molar-refractivity contribution in [2.45, 2.75) is 5.41 Å². The van der Waals surface area contributed by atoms with Gasteiger partial charge in [0.2, 0.25) is 0 Å². The van der Waals surface area contributed by atoms with Gasteiger partial charge < -0.3 is 4.57 Å². The van der Waals surface area contributed by atoms with Crippen molar-refractivity contribution < 1.29 is 0 Å². The first kappa shape index (κ1) is 29.7. The van der Waals surface area contributed by atoms with Crippen LogP contribution in [0.15, 0.2) is 194 Å². The van der Waals surface area contributed by atoms with Crippen LogP contribution in [-0.4, -0.2) is 19.1 Å². The number of pyridine rings is 1. The number of hydrogen-bond acceptors (Lipinski definition) is 2. The summed E-state index contributed by atoms with van der Waals surface area (Å²) >= 11 is 0. The summed E-state index contributed by atoms with van der Waals surface area (Å²) < 4.78 is 4.74. The average molecular weight is 677 g/mol. The fraction of sp³-hybridized carbons (Fsp3) is 0.0204. The average Bonchev–Trinajstić information content (AvgIpc) is 3.79. The molecule has 0 radical (unpaired) electrons.